The first-order valence-corrected chi connectivity index (χ1v) is 18.9. The van der Waals surface area contributed by atoms with Crippen molar-refractivity contribution in [3.8, 4) is 5.75 Å². The van der Waals surface area contributed by atoms with Gasteiger partial charge in [-0.3, -0.25) is 9.59 Å². The molecule has 8 heteroatoms. The van der Waals surface area contributed by atoms with E-state index in [1.807, 2.05) is 111 Å². The zero-order valence-corrected chi connectivity index (χ0v) is 31.2. The van der Waals surface area contributed by atoms with Gasteiger partial charge >= 0.3 is 17.9 Å². The van der Waals surface area contributed by atoms with E-state index in [2.05, 4.69) is 0 Å². The van der Waals surface area contributed by atoms with Crippen molar-refractivity contribution in [1.29, 1.82) is 0 Å². The van der Waals surface area contributed by atoms with E-state index in [1.54, 1.807) is 36.4 Å². The lowest BCUT2D eigenvalue weighted by molar-refractivity contribution is -0.147. The van der Waals surface area contributed by atoms with Gasteiger partial charge in [0.05, 0.1) is 17.2 Å². The highest BCUT2D eigenvalue weighted by atomic mass is 16.6. The van der Waals surface area contributed by atoms with Gasteiger partial charge in [-0.1, -0.05) is 97.1 Å². The van der Waals surface area contributed by atoms with E-state index in [1.165, 1.54) is 6.08 Å². The number of ether oxygens (including phenoxy) is 4. The first kappa shape index (κ1) is 38.7. The third-order valence-corrected chi connectivity index (χ3v) is 9.68. The lowest BCUT2D eigenvalue weighted by Gasteiger charge is -2.23. The molecule has 5 aromatic carbocycles. The van der Waals surface area contributed by atoms with Gasteiger partial charge in [-0.2, -0.15) is 0 Å². The van der Waals surface area contributed by atoms with E-state index in [9.17, 15) is 19.2 Å². The SMILES string of the molecule is CC(C)OC(=O)CCCC=CC[C@@H]1[C@@H](C=CC(=O)COc2ccccc2)[C@H](OC(=O)c2ccc3ccccc3c2)C[C@@H]1OC(=O)c1ccc2ccccc2c1. The van der Waals surface area contributed by atoms with Crippen LogP contribution < -0.4 is 4.74 Å². The lowest BCUT2D eigenvalue weighted by atomic mass is 9.89. The fourth-order valence-corrected chi connectivity index (χ4v) is 6.96. The van der Waals surface area contributed by atoms with Crippen LogP contribution in [0.15, 0.2) is 140 Å². The van der Waals surface area contributed by atoms with Crippen LogP contribution in [0.5, 0.6) is 5.75 Å². The van der Waals surface area contributed by atoms with E-state index in [0.29, 0.717) is 42.6 Å². The molecule has 0 spiro atoms. The number of ketones is 1. The summed E-state index contributed by atoms with van der Waals surface area (Å²) < 4.78 is 23.4. The van der Waals surface area contributed by atoms with Crippen molar-refractivity contribution in [2.24, 2.45) is 11.8 Å². The van der Waals surface area contributed by atoms with Crippen molar-refractivity contribution in [2.45, 2.75) is 64.3 Å². The summed E-state index contributed by atoms with van der Waals surface area (Å²) in [5.41, 5.74) is 0.816. The minimum atomic E-state index is -0.698. The molecule has 0 heterocycles. The van der Waals surface area contributed by atoms with Gasteiger partial charge in [-0.25, -0.2) is 9.59 Å². The molecule has 5 aromatic rings. The maximum Gasteiger partial charge on any atom is 0.338 e. The van der Waals surface area contributed by atoms with Crippen molar-refractivity contribution in [3.05, 3.63) is 151 Å². The summed E-state index contributed by atoms with van der Waals surface area (Å²) in [4.78, 5) is 52.6. The number of para-hydroxylation sites is 1. The molecule has 8 nitrogen and oxygen atoms in total. The zero-order chi connectivity index (χ0) is 38.6. The number of hydrogen-bond acceptors (Lipinski definition) is 8. The second-order valence-electron chi connectivity index (χ2n) is 14.1. The van der Waals surface area contributed by atoms with Crippen molar-refractivity contribution in [2.75, 3.05) is 6.61 Å². The highest BCUT2D eigenvalue weighted by Crippen LogP contribution is 2.41. The molecule has 0 amide bonds. The molecule has 4 atom stereocenters. The van der Waals surface area contributed by atoms with Crippen LogP contribution in [0.4, 0.5) is 0 Å². The second kappa shape index (κ2) is 18.8. The van der Waals surface area contributed by atoms with Crippen LogP contribution in [0.3, 0.4) is 0 Å². The van der Waals surface area contributed by atoms with Crippen LogP contribution in [0.25, 0.3) is 21.5 Å². The molecule has 1 aliphatic rings. The molecule has 55 heavy (non-hydrogen) atoms. The molecule has 0 saturated heterocycles. The predicted molar refractivity (Wildman–Crippen MR) is 213 cm³/mol. The Morgan fingerprint density at radius 3 is 1.89 bits per heavy atom. The quantitative estimate of drug-likeness (QED) is 0.0324. The molecule has 1 saturated carbocycles. The minimum Gasteiger partial charge on any atom is -0.485 e. The maximum atomic E-state index is 13.7. The number of esters is 3. The summed E-state index contributed by atoms with van der Waals surface area (Å²) in [6.45, 7) is 3.48. The summed E-state index contributed by atoms with van der Waals surface area (Å²) in [7, 11) is 0. The smallest absolute Gasteiger partial charge is 0.338 e. The van der Waals surface area contributed by atoms with E-state index in [-0.39, 0.29) is 36.8 Å². The Kier molecular flexibility index (Phi) is 13.3. The summed E-state index contributed by atoms with van der Waals surface area (Å²) in [6.07, 6.45) is 8.03. The van der Waals surface area contributed by atoms with Crippen molar-refractivity contribution < 1.29 is 38.1 Å². The number of benzene rings is 5. The van der Waals surface area contributed by atoms with E-state index < -0.39 is 30.1 Å². The predicted octanol–water partition coefficient (Wildman–Crippen LogP) is 9.65. The Hall–Kier alpha value is -6.02. The molecule has 1 fully saturated rings. The normalized spacial score (nSPS) is 18.2. The Bertz CT molecular complexity index is 2170. The van der Waals surface area contributed by atoms with Crippen LogP contribution >= 0.6 is 0 Å². The van der Waals surface area contributed by atoms with Gasteiger partial charge in [0, 0.05) is 24.7 Å². The summed E-state index contributed by atoms with van der Waals surface area (Å²) in [5.74, 6) is -1.70. The number of fused-ring (bicyclic) bond motifs is 2. The lowest BCUT2D eigenvalue weighted by Crippen LogP contribution is -2.26. The minimum absolute atomic E-state index is 0.162. The molecule has 6 rings (SSSR count). The van der Waals surface area contributed by atoms with Crippen molar-refractivity contribution in [3.63, 3.8) is 0 Å². The highest BCUT2D eigenvalue weighted by Gasteiger charge is 2.46. The van der Waals surface area contributed by atoms with Crippen LogP contribution in [0.1, 0.15) is 66.7 Å². The van der Waals surface area contributed by atoms with Gasteiger partial charge in [-0.05, 0) is 97.1 Å². The average Bonchev–Trinajstić information content (AvgIpc) is 3.51. The summed E-state index contributed by atoms with van der Waals surface area (Å²) in [5, 5.41) is 3.83. The maximum absolute atomic E-state index is 13.7. The standard InChI is InChI=1S/C47H46O8/c1-32(2)53-45(49)21-9-4-3-8-20-41-42(27-26-39(48)31-52-40-18-6-5-7-19-40)44(55-47(51)38-25-23-34-15-11-13-17-36(34)29-38)30-43(41)54-46(50)37-24-22-33-14-10-12-16-35(33)28-37/h3,5-8,10-19,22-29,32,41-44H,4,9,20-21,30-31H2,1-2H3/t41-,42-,43+,44-/m1/s1. The molecular formula is C47H46O8. The first-order valence-electron chi connectivity index (χ1n) is 18.9. The van der Waals surface area contributed by atoms with Crippen molar-refractivity contribution in [1.82, 2.24) is 0 Å². The van der Waals surface area contributed by atoms with Crippen LogP contribution in [-0.4, -0.2) is 48.6 Å². The number of carbonyl (C=O) groups excluding carboxylic acids is 4. The largest absolute Gasteiger partial charge is 0.485 e. The van der Waals surface area contributed by atoms with E-state index in [0.717, 1.165) is 21.5 Å². The van der Waals surface area contributed by atoms with Gasteiger partial charge in [0.25, 0.3) is 0 Å². The van der Waals surface area contributed by atoms with E-state index in [4.69, 9.17) is 18.9 Å². The Balaban J connectivity index is 1.24. The molecule has 1 aliphatic carbocycles. The number of allylic oxidation sites excluding steroid dienone is 2. The molecule has 0 N–H and O–H groups in total. The van der Waals surface area contributed by atoms with Gasteiger partial charge < -0.3 is 18.9 Å². The number of unbranched alkanes of at least 4 members (excludes halogenated alkanes) is 1. The summed E-state index contributed by atoms with van der Waals surface area (Å²) >= 11 is 0. The fraction of sp³-hybridized carbons (Fsp3) is 0.277. The Labute approximate surface area is 321 Å². The monoisotopic (exact) mass is 738 g/mol. The van der Waals surface area contributed by atoms with Crippen LogP contribution in [0.2, 0.25) is 0 Å². The fourth-order valence-electron chi connectivity index (χ4n) is 6.96. The zero-order valence-electron chi connectivity index (χ0n) is 31.2. The van der Waals surface area contributed by atoms with Gasteiger partial charge in [0.2, 0.25) is 0 Å². The van der Waals surface area contributed by atoms with Crippen LogP contribution in [-0.2, 0) is 23.8 Å². The second-order valence-corrected chi connectivity index (χ2v) is 14.1. The number of hydrogen-bond donors (Lipinski definition) is 0. The molecular weight excluding hydrogens is 693 g/mol. The Morgan fingerprint density at radius 2 is 1.27 bits per heavy atom. The molecule has 0 unspecified atom stereocenters. The molecule has 0 radical (unpaired) electrons. The van der Waals surface area contributed by atoms with E-state index >= 15 is 0 Å². The number of rotatable bonds is 16. The average molecular weight is 739 g/mol. The topological polar surface area (TPSA) is 105 Å². The molecule has 0 aromatic heterocycles. The van der Waals surface area contributed by atoms with Gasteiger partial charge in [0.15, 0.2) is 12.4 Å². The van der Waals surface area contributed by atoms with Crippen LogP contribution in [0, 0.1) is 11.8 Å². The molecule has 0 bridgehead atoms. The first-order chi connectivity index (χ1) is 26.7. The third kappa shape index (κ3) is 10.8. The third-order valence-electron chi connectivity index (χ3n) is 9.68. The Morgan fingerprint density at radius 1 is 0.691 bits per heavy atom. The molecule has 0 aliphatic heterocycles. The van der Waals surface area contributed by atoms with Gasteiger partial charge in [-0.15, -0.1) is 0 Å². The van der Waals surface area contributed by atoms with Gasteiger partial charge in [0.1, 0.15) is 18.0 Å². The van der Waals surface area contributed by atoms with Crippen molar-refractivity contribution >= 4 is 45.2 Å². The molecule has 282 valence electrons. The number of carbonyl (C=O) groups is 4. The summed E-state index contributed by atoms with van der Waals surface area (Å²) in [6, 6.07) is 35.5. The highest BCUT2D eigenvalue weighted by molar-refractivity contribution is 5.96.